The monoisotopic (exact) mass is 594 g/mol. The van der Waals surface area contributed by atoms with Crippen molar-refractivity contribution >= 4 is 52.7 Å². The van der Waals surface area contributed by atoms with E-state index in [4.69, 9.17) is 31.7 Å². The van der Waals surface area contributed by atoms with E-state index in [0.717, 1.165) is 65.9 Å². The summed E-state index contributed by atoms with van der Waals surface area (Å²) in [6.07, 6.45) is 11.8. The first-order valence-corrected chi connectivity index (χ1v) is 15.7. The summed E-state index contributed by atoms with van der Waals surface area (Å²) in [5.41, 5.74) is 4.71. The Bertz CT molecular complexity index is 1550. The number of anilines is 2. The van der Waals surface area contributed by atoms with Crippen molar-refractivity contribution in [3.63, 3.8) is 0 Å². The zero-order valence-corrected chi connectivity index (χ0v) is 25.7. The van der Waals surface area contributed by atoms with E-state index < -0.39 is 0 Å². The largest absolute Gasteiger partial charge is 0.372 e. The fourth-order valence-electron chi connectivity index (χ4n) is 6.43. The lowest BCUT2D eigenvalue weighted by Crippen LogP contribution is -2.44. The van der Waals surface area contributed by atoms with Crippen molar-refractivity contribution in [1.82, 2.24) is 24.3 Å². The van der Waals surface area contributed by atoms with Crippen molar-refractivity contribution in [3.8, 4) is 0 Å². The quantitative estimate of drug-likeness (QED) is 0.236. The fraction of sp³-hybridized carbons (Fsp3) is 0.448. The summed E-state index contributed by atoms with van der Waals surface area (Å²) >= 11 is 9.68. The van der Waals surface area contributed by atoms with Gasteiger partial charge in [0.1, 0.15) is 5.82 Å². The molecule has 0 aromatic carbocycles. The Morgan fingerprint density at radius 1 is 1.15 bits per heavy atom. The van der Waals surface area contributed by atoms with Gasteiger partial charge in [-0.05, 0) is 75.5 Å². The molecule has 0 unspecified atom stereocenters. The predicted molar refractivity (Wildman–Crippen MR) is 166 cm³/mol. The van der Waals surface area contributed by atoms with Crippen molar-refractivity contribution in [2.24, 2.45) is 10.6 Å². The Balaban J connectivity index is 1.28. The van der Waals surface area contributed by atoms with E-state index in [2.05, 4.69) is 52.5 Å². The van der Waals surface area contributed by atoms with Crippen LogP contribution in [0.3, 0.4) is 0 Å². The number of rotatable bonds is 7. The number of nitrogens with one attached hydrogen (secondary N) is 1. The summed E-state index contributed by atoms with van der Waals surface area (Å²) in [7, 11) is 1.82. The van der Waals surface area contributed by atoms with Crippen LogP contribution in [0.5, 0.6) is 0 Å². The lowest BCUT2D eigenvalue weighted by atomic mass is 9.67. The van der Waals surface area contributed by atoms with E-state index in [-0.39, 0.29) is 10.2 Å². The molecule has 0 bridgehead atoms. The highest BCUT2D eigenvalue weighted by Crippen LogP contribution is 2.56. The van der Waals surface area contributed by atoms with Crippen molar-refractivity contribution in [1.29, 1.82) is 0 Å². The van der Waals surface area contributed by atoms with Crippen LogP contribution in [-0.2, 0) is 6.42 Å². The highest BCUT2D eigenvalue weighted by molar-refractivity contribution is 7.99. The molecule has 3 N–H and O–H groups in total. The van der Waals surface area contributed by atoms with Crippen LogP contribution in [0.25, 0.3) is 5.65 Å². The molecule has 1 saturated heterocycles. The van der Waals surface area contributed by atoms with Crippen LogP contribution < -0.4 is 15.4 Å². The Hall–Kier alpha value is -2.53. The topological polar surface area (TPSA) is 97.3 Å². The van der Waals surface area contributed by atoms with Gasteiger partial charge in [0.05, 0.1) is 15.6 Å². The van der Waals surface area contributed by atoms with Gasteiger partial charge in [0.2, 0.25) is 5.95 Å². The Morgan fingerprint density at radius 2 is 1.95 bits per heavy atom. The number of aryl methyl sites for hydroxylation is 1. The predicted octanol–water partition coefficient (Wildman–Crippen LogP) is 6.38. The molecule has 11 heteroatoms. The molecule has 1 fully saturated rings. The van der Waals surface area contributed by atoms with Gasteiger partial charge in [-0.25, -0.2) is 15.0 Å². The molecule has 6 rings (SSSR count). The standard InChI is InChI=1S/C29H35ClN8S2/c1-18-24(39-22-7-11-34-25(32-4)23(22)30)26-35-12-15-38(26)27(36-18)37-13-8-29(9-14-37)17-21-19(6-5-10-33-21)20(29)16-28(2,3)40-31/h5-7,10-12,15,20H,8-9,13-14,16-17,31H2,1-4H3,(H,32,34)/t20-/m1/s1. The van der Waals surface area contributed by atoms with Gasteiger partial charge in [-0.1, -0.05) is 41.4 Å². The number of hydrogen-bond acceptors (Lipinski definition) is 9. The number of nitrogens with two attached hydrogens (primary N) is 1. The molecule has 1 spiro atoms. The molecule has 5 heterocycles. The SMILES string of the molecule is CNc1nccc(Sc2c(C)nc(N3CCC4(CC3)Cc3ncccc3[C@H]4CC(C)(C)SN)n3ccnc23)c1Cl. The fourth-order valence-corrected chi connectivity index (χ4v) is 7.98. The van der Waals surface area contributed by atoms with E-state index in [1.165, 1.54) is 23.2 Å². The van der Waals surface area contributed by atoms with Gasteiger partial charge >= 0.3 is 0 Å². The second kappa shape index (κ2) is 10.7. The number of pyridine rings is 2. The van der Waals surface area contributed by atoms with E-state index in [9.17, 15) is 0 Å². The third-order valence-corrected chi connectivity index (χ3v) is 11.1. The third-order valence-electron chi connectivity index (χ3n) is 8.57. The van der Waals surface area contributed by atoms with E-state index >= 15 is 0 Å². The summed E-state index contributed by atoms with van der Waals surface area (Å²) in [5, 5.41) is 9.78. The minimum Gasteiger partial charge on any atom is -0.372 e. The Labute approximate surface area is 249 Å². The second-order valence-electron chi connectivity index (χ2n) is 11.5. The molecule has 1 aliphatic heterocycles. The average Bonchev–Trinajstić information content (AvgIpc) is 3.55. The van der Waals surface area contributed by atoms with Crippen LogP contribution in [-0.4, -0.2) is 49.2 Å². The average molecular weight is 595 g/mol. The Morgan fingerprint density at radius 3 is 2.70 bits per heavy atom. The van der Waals surface area contributed by atoms with Gasteiger partial charge in [-0.3, -0.25) is 14.5 Å². The molecule has 210 valence electrons. The van der Waals surface area contributed by atoms with Crippen molar-refractivity contribution in [2.45, 2.75) is 66.9 Å². The highest BCUT2D eigenvalue weighted by Gasteiger charge is 2.49. The zero-order chi connectivity index (χ0) is 28.1. The summed E-state index contributed by atoms with van der Waals surface area (Å²) in [6.45, 7) is 8.45. The summed E-state index contributed by atoms with van der Waals surface area (Å²) < 4.78 is 2.13. The molecule has 0 saturated carbocycles. The number of piperidine rings is 1. The minimum atomic E-state index is 0.00700. The van der Waals surface area contributed by atoms with Crippen molar-refractivity contribution < 1.29 is 0 Å². The van der Waals surface area contributed by atoms with Crippen LogP contribution in [0.2, 0.25) is 5.02 Å². The summed E-state index contributed by atoms with van der Waals surface area (Å²) in [4.78, 5) is 23.3. The van der Waals surface area contributed by atoms with Gasteiger partial charge in [0.15, 0.2) is 5.65 Å². The highest BCUT2D eigenvalue weighted by atomic mass is 35.5. The van der Waals surface area contributed by atoms with Crippen LogP contribution in [0.1, 0.15) is 56.0 Å². The van der Waals surface area contributed by atoms with E-state index in [1.807, 2.05) is 31.7 Å². The molecule has 2 aliphatic rings. The first kappa shape index (κ1) is 27.6. The number of nitrogens with zero attached hydrogens (tertiary/aromatic N) is 6. The summed E-state index contributed by atoms with van der Waals surface area (Å²) in [6, 6.07) is 6.31. The normalized spacial score (nSPS) is 18.4. The Kier molecular flexibility index (Phi) is 7.39. The molecule has 4 aromatic rings. The van der Waals surface area contributed by atoms with Crippen molar-refractivity contribution in [2.75, 3.05) is 30.4 Å². The number of aromatic nitrogens is 5. The number of fused-ring (bicyclic) bond motifs is 2. The van der Waals surface area contributed by atoms with Crippen LogP contribution in [0.4, 0.5) is 11.8 Å². The zero-order valence-electron chi connectivity index (χ0n) is 23.3. The number of halogens is 1. The third kappa shape index (κ3) is 4.82. The first-order chi connectivity index (χ1) is 19.2. The molecular formula is C29H35ClN8S2. The van der Waals surface area contributed by atoms with Gasteiger partial charge in [0, 0.05) is 60.3 Å². The first-order valence-electron chi connectivity index (χ1n) is 13.7. The van der Waals surface area contributed by atoms with Gasteiger partial charge in [0.25, 0.3) is 0 Å². The summed E-state index contributed by atoms with van der Waals surface area (Å²) in [5.74, 6) is 2.06. The number of imidazole rings is 1. The molecule has 1 atom stereocenters. The maximum atomic E-state index is 6.63. The van der Waals surface area contributed by atoms with Gasteiger partial charge in [-0.15, -0.1) is 0 Å². The molecular weight excluding hydrogens is 560 g/mol. The molecule has 0 radical (unpaired) electrons. The van der Waals surface area contributed by atoms with E-state index in [1.54, 1.807) is 18.0 Å². The smallest absolute Gasteiger partial charge is 0.211 e. The van der Waals surface area contributed by atoms with Gasteiger partial charge in [-0.2, -0.15) is 0 Å². The van der Waals surface area contributed by atoms with Crippen LogP contribution in [0.15, 0.2) is 52.8 Å². The van der Waals surface area contributed by atoms with Crippen LogP contribution in [0, 0.1) is 12.3 Å². The second-order valence-corrected chi connectivity index (χ2v) is 14.2. The van der Waals surface area contributed by atoms with Crippen molar-refractivity contribution in [3.05, 3.63) is 65.0 Å². The van der Waals surface area contributed by atoms with Gasteiger partial charge < -0.3 is 10.2 Å². The van der Waals surface area contributed by atoms with E-state index in [0.29, 0.717) is 16.8 Å². The molecule has 4 aromatic heterocycles. The minimum absolute atomic E-state index is 0.00700. The molecule has 1 aliphatic carbocycles. The number of hydrogen-bond donors (Lipinski definition) is 2. The van der Waals surface area contributed by atoms with Crippen LogP contribution >= 0.6 is 35.3 Å². The lowest BCUT2D eigenvalue weighted by Gasteiger charge is -2.45. The molecule has 8 nitrogen and oxygen atoms in total. The maximum Gasteiger partial charge on any atom is 0.211 e. The lowest BCUT2D eigenvalue weighted by molar-refractivity contribution is 0.170. The molecule has 0 amide bonds. The molecule has 40 heavy (non-hydrogen) atoms. The maximum absolute atomic E-state index is 6.63.